The van der Waals surface area contributed by atoms with Gasteiger partial charge in [0.05, 0.1) is 11.5 Å². The van der Waals surface area contributed by atoms with E-state index < -0.39 is 5.54 Å². The zero-order valence-corrected chi connectivity index (χ0v) is 25.2. The quantitative estimate of drug-likeness (QED) is 0.103. The summed E-state index contributed by atoms with van der Waals surface area (Å²) < 4.78 is 10.9. The number of carbonyl (C=O) groups excluding carboxylic acids is 2. The van der Waals surface area contributed by atoms with Crippen molar-refractivity contribution in [3.05, 3.63) is 132 Å². The molecule has 1 aliphatic carbocycles. The number of ether oxygens (including phenoxy) is 2. The average Bonchev–Trinajstić information content (AvgIpc) is 3.60. The summed E-state index contributed by atoms with van der Waals surface area (Å²) in [6, 6.07) is 31.9. The van der Waals surface area contributed by atoms with E-state index in [0.29, 0.717) is 50.9 Å². The van der Waals surface area contributed by atoms with Gasteiger partial charge in [-0.2, -0.15) is 0 Å². The second kappa shape index (κ2) is 15.1. The third-order valence-corrected chi connectivity index (χ3v) is 9.83. The molecule has 0 bridgehead atoms. The van der Waals surface area contributed by atoms with Gasteiger partial charge in [-0.1, -0.05) is 137 Å². The Hall–Kier alpha value is -3.46. The Morgan fingerprint density at radius 1 is 0.667 bits per heavy atom. The van der Waals surface area contributed by atoms with Crippen molar-refractivity contribution in [2.24, 2.45) is 5.92 Å². The van der Waals surface area contributed by atoms with E-state index in [-0.39, 0.29) is 18.0 Å². The highest BCUT2D eigenvalue weighted by Crippen LogP contribution is 2.42. The summed E-state index contributed by atoms with van der Waals surface area (Å²) in [7, 11) is 3.23. The van der Waals surface area contributed by atoms with E-state index in [1.54, 1.807) is 21.6 Å². The molecule has 6 nitrogen and oxygen atoms in total. The van der Waals surface area contributed by atoms with Crippen molar-refractivity contribution < 1.29 is 19.1 Å². The van der Waals surface area contributed by atoms with Crippen LogP contribution in [0.1, 0.15) is 16.7 Å². The van der Waals surface area contributed by atoms with Gasteiger partial charge < -0.3 is 14.4 Å². The van der Waals surface area contributed by atoms with Gasteiger partial charge in [0.15, 0.2) is 0 Å². The van der Waals surface area contributed by atoms with Crippen LogP contribution in [-0.2, 0) is 19.8 Å². The molecule has 3 aromatic rings. The number of carbonyl (C=O) groups is 2. The normalized spacial score (nSPS) is 15.6. The Bertz CT molecular complexity index is 1240. The maximum absolute atomic E-state index is 12.9. The first-order valence-corrected chi connectivity index (χ1v) is 16.8. The topological polar surface area (TPSA) is 59.1 Å². The molecule has 0 N–H and O–H groups in total. The average molecular weight is 601 g/mol. The van der Waals surface area contributed by atoms with Crippen LogP contribution in [0.3, 0.4) is 0 Å². The minimum atomic E-state index is -0.480. The molecule has 1 amide bonds. The van der Waals surface area contributed by atoms with Crippen LogP contribution in [-0.4, -0.2) is 72.8 Å². The van der Waals surface area contributed by atoms with Crippen LogP contribution in [0.15, 0.2) is 115 Å². The molecule has 42 heavy (non-hydrogen) atoms. The number of rotatable bonds is 12. The molecule has 0 radical (unpaired) electrons. The highest BCUT2D eigenvalue weighted by atomic mass is 33.1. The predicted octanol–water partition coefficient (Wildman–Crippen LogP) is 6.40. The standard InChI is InChI=1S/C34H36N2O4S2/c37-32(28-12-10-11-13-28)39-24-26-41-42-27-25-40-33(38)35-20-22-36(23-21-35)34(29-14-4-1-5-15-29,30-16-6-2-7-17-30)31-18-8-3-9-19-31/h1-19,28H,20-27H2. The van der Waals surface area contributed by atoms with Crippen molar-refractivity contribution >= 4 is 33.7 Å². The second-order valence-corrected chi connectivity index (χ2v) is 12.7. The minimum Gasteiger partial charge on any atom is -0.464 e. The molecule has 1 heterocycles. The number of allylic oxidation sites excluding steroid dienone is 2. The van der Waals surface area contributed by atoms with E-state index in [4.69, 9.17) is 9.47 Å². The number of esters is 1. The van der Waals surface area contributed by atoms with Crippen molar-refractivity contribution in [1.82, 2.24) is 9.80 Å². The number of piperazine rings is 1. The lowest BCUT2D eigenvalue weighted by molar-refractivity contribution is -0.144. The molecule has 1 fully saturated rings. The molecule has 0 saturated carbocycles. The first kappa shape index (κ1) is 30.0. The molecular weight excluding hydrogens is 565 g/mol. The van der Waals surface area contributed by atoms with Crippen molar-refractivity contribution in [2.45, 2.75) is 5.54 Å². The van der Waals surface area contributed by atoms with Gasteiger partial charge in [0.25, 0.3) is 0 Å². The van der Waals surface area contributed by atoms with E-state index in [1.807, 2.05) is 29.2 Å². The molecule has 1 saturated heterocycles. The number of benzene rings is 3. The van der Waals surface area contributed by atoms with E-state index in [2.05, 4.69) is 95.9 Å². The fraction of sp³-hybridized carbons (Fsp3) is 0.294. The number of hydrogen-bond donors (Lipinski definition) is 0. The number of nitrogens with zero attached hydrogens (tertiary/aromatic N) is 2. The zero-order chi connectivity index (χ0) is 29.0. The van der Waals surface area contributed by atoms with Crippen molar-refractivity contribution in [3.63, 3.8) is 0 Å². The summed E-state index contributed by atoms with van der Waals surface area (Å²) in [5, 5.41) is 0. The smallest absolute Gasteiger partial charge is 0.409 e. The lowest BCUT2D eigenvalue weighted by Gasteiger charge is -2.48. The Morgan fingerprint density at radius 2 is 1.12 bits per heavy atom. The lowest BCUT2D eigenvalue weighted by Crippen LogP contribution is -2.57. The van der Waals surface area contributed by atoms with Crippen LogP contribution < -0.4 is 0 Å². The number of hydrogen-bond acceptors (Lipinski definition) is 7. The highest BCUT2D eigenvalue weighted by molar-refractivity contribution is 8.76. The van der Waals surface area contributed by atoms with Crippen LogP contribution >= 0.6 is 21.6 Å². The van der Waals surface area contributed by atoms with Gasteiger partial charge in [-0.3, -0.25) is 9.69 Å². The maximum atomic E-state index is 12.9. The fourth-order valence-electron chi connectivity index (χ4n) is 5.54. The molecule has 1 aliphatic heterocycles. The largest absolute Gasteiger partial charge is 0.464 e. The first-order valence-electron chi connectivity index (χ1n) is 14.3. The summed E-state index contributed by atoms with van der Waals surface area (Å²) in [5.74, 6) is 0.902. The third-order valence-electron chi connectivity index (χ3n) is 7.49. The fourth-order valence-corrected chi connectivity index (χ4v) is 7.20. The van der Waals surface area contributed by atoms with Gasteiger partial charge in [-0.15, -0.1) is 0 Å². The maximum Gasteiger partial charge on any atom is 0.409 e. The first-order chi connectivity index (χ1) is 20.7. The zero-order valence-electron chi connectivity index (χ0n) is 23.5. The van der Waals surface area contributed by atoms with Gasteiger partial charge in [0.1, 0.15) is 13.2 Å². The summed E-state index contributed by atoms with van der Waals surface area (Å²) in [6.07, 6.45) is 7.09. The highest BCUT2D eigenvalue weighted by Gasteiger charge is 2.43. The van der Waals surface area contributed by atoms with Crippen molar-refractivity contribution in [1.29, 1.82) is 0 Å². The Balaban J connectivity index is 1.13. The Kier molecular flexibility index (Phi) is 10.8. The van der Waals surface area contributed by atoms with Crippen LogP contribution in [0, 0.1) is 5.92 Å². The van der Waals surface area contributed by atoms with E-state index in [0.717, 1.165) is 0 Å². The molecule has 2 aliphatic rings. The Morgan fingerprint density at radius 3 is 1.60 bits per heavy atom. The van der Waals surface area contributed by atoms with Crippen molar-refractivity contribution in [3.8, 4) is 0 Å². The van der Waals surface area contributed by atoms with Gasteiger partial charge >= 0.3 is 12.1 Å². The summed E-state index contributed by atoms with van der Waals surface area (Å²) in [4.78, 5) is 29.1. The molecule has 0 atom stereocenters. The summed E-state index contributed by atoms with van der Waals surface area (Å²) in [5.41, 5.74) is 3.13. The van der Waals surface area contributed by atoms with E-state index in [9.17, 15) is 9.59 Å². The molecule has 0 unspecified atom stereocenters. The van der Waals surface area contributed by atoms with E-state index in [1.165, 1.54) is 16.7 Å². The van der Waals surface area contributed by atoms with Crippen LogP contribution in [0.25, 0.3) is 0 Å². The predicted molar refractivity (Wildman–Crippen MR) is 171 cm³/mol. The van der Waals surface area contributed by atoms with Gasteiger partial charge in [-0.05, 0) is 16.7 Å². The van der Waals surface area contributed by atoms with Crippen LogP contribution in [0.4, 0.5) is 4.79 Å². The molecule has 0 aromatic heterocycles. The van der Waals surface area contributed by atoms with Gasteiger partial charge in [-0.25, -0.2) is 4.79 Å². The van der Waals surface area contributed by atoms with Gasteiger partial charge in [0, 0.05) is 37.7 Å². The SMILES string of the molecule is O=C(OCCSSCCOC(=O)N1CCN(C(c2ccccc2)(c2ccccc2)c2ccccc2)CC1)C1C=CC=C1. The van der Waals surface area contributed by atoms with Crippen molar-refractivity contribution in [2.75, 3.05) is 50.9 Å². The number of amides is 1. The van der Waals surface area contributed by atoms with E-state index >= 15 is 0 Å². The molecular formula is C34H36N2O4S2. The summed E-state index contributed by atoms with van der Waals surface area (Å²) in [6.45, 7) is 3.32. The Labute approximate surface area is 256 Å². The molecule has 218 valence electrons. The molecule has 0 spiro atoms. The molecule has 8 heteroatoms. The monoisotopic (exact) mass is 600 g/mol. The lowest BCUT2D eigenvalue weighted by atomic mass is 9.75. The second-order valence-electron chi connectivity index (χ2n) is 10.0. The third kappa shape index (κ3) is 7.12. The minimum absolute atomic E-state index is 0.215. The van der Waals surface area contributed by atoms with Crippen LogP contribution in [0.2, 0.25) is 0 Å². The summed E-state index contributed by atoms with van der Waals surface area (Å²) >= 11 is 0. The molecule has 5 rings (SSSR count). The van der Waals surface area contributed by atoms with Gasteiger partial charge in [0.2, 0.25) is 0 Å². The molecule has 3 aromatic carbocycles. The van der Waals surface area contributed by atoms with Crippen LogP contribution in [0.5, 0.6) is 0 Å².